The molecule has 0 fully saturated rings. The van der Waals surface area contributed by atoms with Gasteiger partial charge in [0, 0.05) is 26.1 Å². The highest BCUT2D eigenvalue weighted by Crippen LogP contribution is 2.21. The molecule has 1 unspecified atom stereocenters. The molecule has 0 aliphatic carbocycles. The quantitative estimate of drug-likeness (QED) is 0.851. The molecule has 0 radical (unpaired) electrons. The molecule has 8 nitrogen and oxygen atoms in total. The number of likely N-dealkylation sites (N-methyl/N-ethyl adjacent to an activating group) is 2. The van der Waals surface area contributed by atoms with Crippen LogP contribution in [0.15, 0.2) is 5.16 Å². The maximum Gasteiger partial charge on any atom is 0.279 e. The minimum atomic E-state index is -3.91. The zero-order chi connectivity index (χ0) is 17.3. The van der Waals surface area contributed by atoms with E-state index in [1.807, 2.05) is 20.8 Å². The summed E-state index contributed by atoms with van der Waals surface area (Å²) in [4.78, 5) is 17.5. The third kappa shape index (κ3) is 3.64. The summed E-state index contributed by atoms with van der Waals surface area (Å²) in [5, 5.41) is 6.21. The Hall–Kier alpha value is -1.48. The minimum Gasteiger partial charge on any atom is -0.347 e. The van der Waals surface area contributed by atoms with Crippen molar-refractivity contribution in [2.24, 2.45) is 0 Å². The van der Waals surface area contributed by atoms with Crippen LogP contribution < -0.4 is 0 Å². The first-order valence-corrected chi connectivity index (χ1v) is 8.52. The molecule has 9 heteroatoms. The number of amides is 1. The first-order chi connectivity index (χ1) is 9.92. The van der Waals surface area contributed by atoms with Crippen LogP contribution in [0.25, 0.3) is 0 Å². The molecule has 0 saturated carbocycles. The third-order valence-corrected chi connectivity index (χ3v) is 5.09. The second-order valence-electron chi connectivity index (χ2n) is 6.33. The van der Waals surface area contributed by atoms with Crippen molar-refractivity contribution >= 4 is 15.9 Å². The average Bonchev–Trinajstić information content (AvgIpc) is 2.88. The highest BCUT2D eigenvalue weighted by Gasteiger charge is 2.35. The van der Waals surface area contributed by atoms with Crippen molar-refractivity contribution in [1.29, 1.82) is 0 Å². The number of H-pyrrole nitrogens is 1. The molecular formula is C13H25N5O3S. The molecule has 0 bridgehead atoms. The number of aromatic nitrogens is 3. The predicted molar refractivity (Wildman–Crippen MR) is 82.8 cm³/mol. The molecule has 1 amide bonds. The van der Waals surface area contributed by atoms with Crippen molar-refractivity contribution in [2.45, 2.75) is 51.2 Å². The molecule has 1 aromatic heterocycles. The Morgan fingerprint density at radius 3 is 2.23 bits per heavy atom. The van der Waals surface area contributed by atoms with Gasteiger partial charge in [-0.3, -0.25) is 4.79 Å². The number of carbonyl (C=O) groups is 1. The summed E-state index contributed by atoms with van der Waals surface area (Å²) in [5.74, 6) is 0.120. The summed E-state index contributed by atoms with van der Waals surface area (Å²) in [5.41, 5.74) is -0.369. The van der Waals surface area contributed by atoms with Crippen LogP contribution in [0.3, 0.4) is 0 Å². The number of nitrogens with zero attached hydrogens (tertiary/aromatic N) is 4. The molecule has 0 spiro atoms. The fraction of sp³-hybridized carbons (Fsp3) is 0.769. The van der Waals surface area contributed by atoms with Gasteiger partial charge in [0.2, 0.25) is 5.91 Å². The Morgan fingerprint density at radius 1 is 1.32 bits per heavy atom. The molecule has 22 heavy (non-hydrogen) atoms. The van der Waals surface area contributed by atoms with Crippen LogP contribution in [0.4, 0.5) is 0 Å². The van der Waals surface area contributed by atoms with E-state index in [1.54, 1.807) is 27.9 Å². The van der Waals surface area contributed by atoms with E-state index in [9.17, 15) is 13.2 Å². The molecule has 1 N–H and O–H groups in total. The molecule has 0 aromatic carbocycles. The molecule has 1 rings (SSSR count). The van der Waals surface area contributed by atoms with Crippen molar-refractivity contribution in [1.82, 2.24) is 24.4 Å². The summed E-state index contributed by atoms with van der Waals surface area (Å²) in [7, 11) is -0.734. The molecule has 1 aromatic rings. The Morgan fingerprint density at radius 2 is 1.86 bits per heavy atom. The zero-order valence-electron chi connectivity index (χ0n) is 14.2. The largest absolute Gasteiger partial charge is 0.347 e. The second kappa shape index (κ2) is 6.33. The summed E-state index contributed by atoms with van der Waals surface area (Å²) >= 11 is 0. The van der Waals surface area contributed by atoms with Gasteiger partial charge in [0.15, 0.2) is 5.82 Å². The smallest absolute Gasteiger partial charge is 0.279 e. The summed E-state index contributed by atoms with van der Waals surface area (Å²) in [6.07, 6.45) is 0. The number of rotatable bonds is 5. The summed E-state index contributed by atoms with van der Waals surface area (Å²) in [6.45, 7) is 9.07. The molecular weight excluding hydrogens is 306 g/mol. The van der Waals surface area contributed by atoms with E-state index >= 15 is 0 Å². The van der Waals surface area contributed by atoms with Gasteiger partial charge in [-0.15, -0.1) is 0 Å². The van der Waals surface area contributed by atoms with Gasteiger partial charge in [0.05, 0.1) is 0 Å². The first-order valence-electron chi connectivity index (χ1n) is 7.08. The molecule has 1 heterocycles. The molecule has 0 saturated heterocycles. The van der Waals surface area contributed by atoms with Crippen LogP contribution in [0.1, 0.15) is 40.4 Å². The van der Waals surface area contributed by atoms with Gasteiger partial charge in [0.25, 0.3) is 15.2 Å². The summed E-state index contributed by atoms with van der Waals surface area (Å²) < 4.78 is 26.5. The lowest BCUT2D eigenvalue weighted by Gasteiger charge is -2.27. The standard InChI is InChI=1S/C13H25N5O3S/c1-8-18(9(2)10(19)17(6)7)22(20,21)12-14-11(15-16-12)13(3,4)5/h9H,8H2,1-7H3,(H,14,15,16). The molecule has 126 valence electrons. The van der Waals surface area contributed by atoms with E-state index in [0.717, 1.165) is 4.31 Å². The van der Waals surface area contributed by atoms with E-state index in [1.165, 1.54) is 4.90 Å². The Kier molecular flexibility index (Phi) is 5.34. The first kappa shape index (κ1) is 18.6. The van der Waals surface area contributed by atoms with E-state index in [0.29, 0.717) is 5.82 Å². The number of nitrogens with one attached hydrogen (secondary N) is 1. The van der Waals surface area contributed by atoms with Gasteiger partial charge >= 0.3 is 0 Å². The van der Waals surface area contributed by atoms with Crippen LogP contribution in [-0.2, 0) is 20.2 Å². The maximum absolute atomic E-state index is 12.7. The van der Waals surface area contributed by atoms with Gasteiger partial charge in [0.1, 0.15) is 6.04 Å². The van der Waals surface area contributed by atoms with E-state index in [-0.39, 0.29) is 23.0 Å². The minimum absolute atomic E-state index is 0.161. The number of hydrogen-bond donors (Lipinski definition) is 1. The maximum atomic E-state index is 12.7. The fourth-order valence-corrected chi connectivity index (χ4v) is 3.39. The zero-order valence-corrected chi connectivity index (χ0v) is 15.0. The van der Waals surface area contributed by atoms with Gasteiger partial charge in [-0.1, -0.05) is 27.7 Å². The van der Waals surface area contributed by atoms with Gasteiger partial charge < -0.3 is 4.90 Å². The van der Waals surface area contributed by atoms with Crippen LogP contribution in [0.2, 0.25) is 0 Å². The van der Waals surface area contributed by atoms with Gasteiger partial charge in [-0.25, -0.2) is 13.5 Å². The second-order valence-corrected chi connectivity index (χ2v) is 8.14. The fourth-order valence-electron chi connectivity index (χ4n) is 1.96. The Balaban J connectivity index is 3.20. The van der Waals surface area contributed by atoms with E-state index in [4.69, 9.17) is 0 Å². The van der Waals surface area contributed by atoms with Crippen molar-refractivity contribution in [3.05, 3.63) is 5.82 Å². The monoisotopic (exact) mass is 331 g/mol. The molecule has 0 aliphatic heterocycles. The van der Waals surface area contributed by atoms with Gasteiger partial charge in [-0.2, -0.15) is 14.4 Å². The van der Waals surface area contributed by atoms with Crippen LogP contribution in [0.5, 0.6) is 0 Å². The van der Waals surface area contributed by atoms with Gasteiger partial charge in [-0.05, 0) is 6.92 Å². The van der Waals surface area contributed by atoms with Crippen molar-refractivity contribution in [3.63, 3.8) is 0 Å². The van der Waals surface area contributed by atoms with Crippen LogP contribution >= 0.6 is 0 Å². The van der Waals surface area contributed by atoms with Crippen molar-refractivity contribution in [3.8, 4) is 0 Å². The molecule has 1 atom stereocenters. The SMILES string of the molecule is CCN(C(C)C(=O)N(C)C)S(=O)(=O)c1nc(C(C)(C)C)n[nH]1. The third-order valence-electron chi connectivity index (χ3n) is 3.23. The number of sulfonamides is 1. The topological polar surface area (TPSA) is 99.3 Å². The number of hydrogen-bond acceptors (Lipinski definition) is 5. The average molecular weight is 331 g/mol. The lowest BCUT2D eigenvalue weighted by atomic mass is 9.96. The van der Waals surface area contributed by atoms with Crippen molar-refractivity contribution in [2.75, 3.05) is 20.6 Å². The lowest BCUT2D eigenvalue weighted by Crippen LogP contribution is -2.47. The van der Waals surface area contributed by atoms with E-state index < -0.39 is 16.1 Å². The lowest BCUT2D eigenvalue weighted by molar-refractivity contribution is -0.132. The predicted octanol–water partition coefficient (Wildman–Crippen LogP) is 0.590. The highest BCUT2D eigenvalue weighted by molar-refractivity contribution is 7.89. The normalized spacial score (nSPS) is 14.2. The van der Waals surface area contributed by atoms with Crippen molar-refractivity contribution < 1.29 is 13.2 Å². The highest BCUT2D eigenvalue weighted by atomic mass is 32.2. The Bertz CT molecular complexity index is 630. The number of carbonyl (C=O) groups excluding carboxylic acids is 1. The summed E-state index contributed by atoms with van der Waals surface area (Å²) in [6, 6.07) is -0.812. The van der Waals surface area contributed by atoms with Crippen LogP contribution in [0, 0.1) is 0 Å². The van der Waals surface area contributed by atoms with Crippen LogP contribution in [-0.4, -0.2) is 65.4 Å². The Labute approximate surface area is 132 Å². The number of aromatic amines is 1. The molecule has 0 aliphatic rings. The van der Waals surface area contributed by atoms with E-state index in [2.05, 4.69) is 15.2 Å².